The van der Waals surface area contributed by atoms with Gasteiger partial charge in [0.2, 0.25) is 0 Å². The third kappa shape index (κ3) is 3.34. The Morgan fingerprint density at radius 2 is 1.92 bits per heavy atom. The first-order valence-electron chi connectivity index (χ1n) is 9.23. The average molecular weight is 355 g/mol. The van der Waals surface area contributed by atoms with Gasteiger partial charge < -0.3 is 24.5 Å². The quantitative estimate of drug-likeness (QED) is 0.638. The molecule has 3 heterocycles. The molecule has 6 nitrogen and oxygen atoms in total. The number of methoxy groups -OCH3 is 1. The van der Waals surface area contributed by atoms with Gasteiger partial charge in [-0.1, -0.05) is 0 Å². The van der Waals surface area contributed by atoms with Crippen molar-refractivity contribution in [3.8, 4) is 11.5 Å². The van der Waals surface area contributed by atoms with E-state index in [1.165, 1.54) is 25.9 Å². The predicted molar refractivity (Wildman–Crippen MR) is 102 cm³/mol. The van der Waals surface area contributed by atoms with Crippen molar-refractivity contribution in [1.82, 2.24) is 14.9 Å². The molecule has 0 bridgehead atoms. The molecule has 0 saturated carbocycles. The maximum absolute atomic E-state index is 9.28. The van der Waals surface area contributed by atoms with Crippen molar-refractivity contribution in [2.24, 2.45) is 0 Å². The molecule has 2 aromatic heterocycles. The molecule has 6 heteroatoms. The zero-order valence-electron chi connectivity index (χ0n) is 15.1. The predicted octanol–water partition coefficient (Wildman–Crippen LogP) is 3.08. The number of nitrogens with one attached hydrogen (secondary N) is 1. The molecule has 0 spiro atoms. The first-order chi connectivity index (χ1) is 12.8. The lowest BCUT2D eigenvalue weighted by atomic mass is 10.1. The van der Waals surface area contributed by atoms with Crippen LogP contribution in [0.25, 0.3) is 21.8 Å². The van der Waals surface area contributed by atoms with Gasteiger partial charge in [0, 0.05) is 35.1 Å². The Labute approximate surface area is 152 Å². The number of hydrogen-bond acceptors (Lipinski definition) is 5. The van der Waals surface area contributed by atoms with Crippen molar-refractivity contribution in [1.29, 1.82) is 0 Å². The van der Waals surface area contributed by atoms with E-state index >= 15 is 0 Å². The summed E-state index contributed by atoms with van der Waals surface area (Å²) in [4.78, 5) is 10.2. The van der Waals surface area contributed by atoms with E-state index in [4.69, 9.17) is 9.47 Å². The van der Waals surface area contributed by atoms with Crippen LogP contribution in [0.4, 0.5) is 0 Å². The van der Waals surface area contributed by atoms with Crippen LogP contribution in [0.1, 0.15) is 25.0 Å². The largest absolute Gasteiger partial charge is 0.493 e. The zero-order valence-corrected chi connectivity index (χ0v) is 15.1. The molecule has 0 unspecified atom stereocenters. The Hall–Kier alpha value is -2.31. The van der Waals surface area contributed by atoms with Gasteiger partial charge in [0.25, 0.3) is 0 Å². The highest BCUT2D eigenvalue weighted by Crippen LogP contribution is 2.36. The van der Waals surface area contributed by atoms with E-state index in [9.17, 15) is 5.11 Å². The highest BCUT2D eigenvalue weighted by Gasteiger charge is 2.13. The van der Waals surface area contributed by atoms with Gasteiger partial charge in [-0.25, -0.2) is 0 Å². The molecule has 1 aromatic carbocycles. The Morgan fingerprint density at radius 3 is 2.69 bits per heavy atom. The number of nitrogens with zero attached hydrogens (tertiary/aromatic N) is 2. The topological polar surface area (TPSA) is 70.6 Å². The minimum Gasteiger partial charge on any atom is -0.493 e. The number of likely N-dealkylation sites (tertiary alicyclic amines) is 1. The maximum atomic E-state index is 9.28. The van der Waals surface area contributed by atoms with Gasteiger partial charge in [0.1, 0.15) is 0 Å². The minimum atomic E-state index is -0.0694. The Balaban J connectivity index is 1.54. The van der Waals surface area contributed by atoms with Crippen LogP contribution in [0.15, 0.2) is 24.4 Å². The average Bonchev–Trinajstić information content (AvgIpc) is 3.30. The summed E-state index contributed by atoms with van der Waals surface area (Å²) >= 11 is 0. The molecule has 0 aliphatic carbocycles. The molecular weight excluding hydrogens is 330 g/mol. The fraction of sp³-hybridized carbons (Fsp3) is 0.450. The number of aromatic nitrogens is 2. The van der Waals surface area contributed by atoms with Crippen LogP contribution in [0.2, 0.25) is 0 Å². The van der Waals surface area contributed by atoms with Gasteiger partial charge in [-0.15, -0.1) is 0 Å². The van der Waals surface area contributed by atoms with Gasteiger partial charge in [-0.2, -0.15) is 0 Å². The molecule has 0 atom stereocenters. The normalized spacial score (nSPS) is 15.2. The summed E-state index contributed by atoms with van der Waals surface area (Å²) in [6.45, 7) is 4.13. The SMILES string of the molecule is COc1cc2c(cc1OCCCN1CCCC1)[nH]c1cc(CO)ncc12. The fourth-order valence-electron chi connectivity index (χ4n) is 3.68. The van der Waals surface area contributed by atoms with Crippen LogP contribution in [0.5, 0.6) is 11.5 Å². The summed E-state index contributed by atoms with van der Waals surface area (Å²) < 4.78 is 11.5. The smallest absolute Gasteiger partial charge is 0.163 e. The van der Waals surface area contributed by atoms with Crippen molar-refractivity contribution in [3.63, 3.8) is 0 Å². The summed E-state index contributed by atoms with van der Waals surface area (Å²) in [5.74, 6) is 1.48. The van der Waals surface area contributed by atoms with Crippen LogP contribution in [-0.2, 0) is 6.61 Å². The summed E-state index contributed by atoms with van der Waals surface area (Å²) in [6.07, 6.45) is 5.44. The molecule has 1 aliphatic heterocycles. The van der Waals surface area contributed by atoms with Crippen LogP contribution in [0.3, 0.4) is 0 Å². The van der Waals surface area contributed by atoms with E-state index in [0.717, 1.165) is 46.3 Å². The van der Waals surface area contributed by atoms with Gasteiger partial charge in [0.05, 0.1) is 31.5 Å². The lowest BCUT2D eigenvalue weighted by Crippen LogP contribution is -2.21. The first-order valence-corrected chi connectivity index (χ1v) is 9.23. The van der Waals surface area contributed by atoms with Crippen LogP contribution in [-0.4, -0.2) is 53.3 Å². The van der Waals surface area contributed by atoms with Crippen LogP contribution < -0.4 is 9.47 Å². The zero-order chi connectivity index (χ0) is 17.9. The lowest BCUT2D eigenvalue weighted by Gasteiger charge is -2.15. The molecule has 4 rings (SSSR count). The first kappa shape index (κ1) is 17.1. The summed E-state index contributed by atoms with van der Waals surface area (Å²) in [5.41, 5.74) is 2.58. The minimum absolute atomic E-state index is 0.0694. The highest BCUT2D eigenvalue weighted by molar-refractivity contribution is 6.08. The molecule has 1 fully saturated rings. The van der Waals surface area contributed by atoms with E-state index in [-0.39, 0.29) is 6.61 Å². The van der Waals surface area contributed by atoms with Gasteiger partial charge in [-0.3, -0.25) is 4.98 Å². The Morgan fingerprint density at radius 1 is 1.12 bits per heavy atom. The highest BCUT2D eigenvalue weighted by atomic mass is 16.5. The van der Waals surface area contributed by atoms with Crippen LogP contribution >= 0.6 is 0 Å². The Bertz CT molecular complexity index is 900. The van der Waals surface area contributed by atoms with Gasteiger partial charge in [-0.05, 0) is 44.5 Å². The van der Waals surface area contributed by atoms with Crippen molar-refractivity contribution in [3.05, 3.63) is 30.1 Å². The molecule has 2 N–H and O–H groups in total. The van der Waals surface area contributed by atoms with E-state index in [0.29, 0.717) is 12.3 Å². The maximum Gasteiger partial charge on any atom is 0.163 e. The third-order valence-corrected chi connectivity index (χ3v) is 5.06. The number of pyridine rings is 1. The van der Waals surface area contributed by atoms with Gasteiger partial charge in [0.15, 0.2) is 11.5 Å². The van der Waals surface area contributed by atoms with Crippen molar-refractivity contribution in [2.75, 3.05) is 33.4 Å². The molecule has 3 aromatic rings. The number of fused-ring (bicyclic) bond motifs is 3. The second kappa shape index (κ2) is 7.51. The number of H-pyrrole nitrogens is 1. The van der Waals surface area contributed by atoms with Crippen LogP contribution in [0, 0.1) is 0 Å². The molecule has 1 aliphatic rings. The number of rotatable bonds is 7. The lowest BCUT2D eigenvalue weighted by molar-refractivity contribution is 0.254. The second-order valence-electron chi connectivity index (χ2n) is 6.80. The summed E-state index contributed by atoms with van der Waals surface area (Å²) in [7, 11) is 1.66. The number of aromatic amines is 1. The van der Waals surface area contributed by atoms with E-state index < -0.39 is 0 Å². The number of aliphatic hydroxyl groups excluding tert-OH is 1. The van der Waals surface area contributed by atoms with E-state index in [2.05, 4.69) is 14.9 Å². The molecule has 0 amide bonds. The van der Waals surface area contributed by atoms with Crippen molar-refractivity contribution < 1.29 is 14.6 Å². The second-order valence-corrected chi connectivity index (χ2v) is 6.80. The van der Waals surface area contributed by atoms with E-state index in [1.54, 1.807) is 13.3 Å². The van der Waals surface area contributed by atoms with Crippen molar-refractivity contribution in [2.45, 2.75) is 25.9 Å². The monoisotopic (exact) mass is 355 g/mol. The molecule has 1 saturated heterocycles. The van der Waals surface area contributed by atoms with Crippen molar-refractivity contribution >= 4 is 21.8 Å². The molecule has 138 valence electrons. The van der Waals surface area contributed by atoms with E-state index in [1.807, 2.05) is 18.2 Å². The third-order valence-electron chi connectivity index (χ3n) is 5.06. The molecule has 26 heavy (non-hydrogen) atoms. The summed E-state index contributed by atoms with van der Waals surface area (Å²) in [6, 6.07) is 5.85. The molecule has 0 radical (unpaired) electrons. The summed E-state index contributed by atoms with van der Waals surface area (Å²) in [5, 5.41) is 11.3. The molecular formula is C20H25N3O3. The Kier molecular flexibility index (Phi) is 4.95. The number of aliphatic hydroxyl groups is 1. The standard InChI is InChI=1S/C20H25N3O3/c1-25-19-10-15-16-12-21-14(13-24)9-17(16)22-18(15)11-20(19)26-8-4-7-23-5-2-3-6-23/h9-12,22,24H,2-8,13H2,1H3. The fourth-order valence-corrected chi connectivity index (χ4v) is 3.68. The van der Waals surface area contributed by atoms with Gasteiger partial charge >= 0.3 is 0 Å². The number of benzene rings is 1. The number of hydrogen-bond donors (Lipinski definition) is 2. The number of ether oxygens (including phenoxy) is 2.